The number of carbonyl (C=O) groups excluding carboxylic acids is 1. The predicted octanol–water partition coefficient (Wildman–Crippen LogP) is 3.46. The smallest absolute Gasteiger partial charge is 0.264 e. The summed E-state index contributed by atoms with van der Waals surface area (Å²) in [5, 5.41) is 5.47. The molecule has 4 rings (SSSR count). The maximum absolute atomic E-state index is 13.3. The summed E-state index contributed by atoms with van der Waals surface area (Å²) < 4.78 is 3.19. The summed E-state index contributed by atoms with van der Waals surface area (Å²) in [5.74, 6) is 6.07. The topological polar surface area (TPSA) is 125 Å². The Balaban J connectivity index is 0.000000255. The minimum Gasteiger partial charge on any atom is -0.381 e. The molecule has 0 saturated carbocycles. The van der Waals surface area contributed by atoms with E-state index < -0.39 is 5.91 Å². The van der Waals surface area contributed by atoms with Crippen LogP contribution < -0.4 is 17.0 Å². The number of aliphatic imine (C=N–C) groups is 1. The number of primary amides is 1. The average Bonchev–Trinajstić information content (AvgIpc) is 3.20. The van der Waals surface area contributed by atoms with E-state index >= 15 is 0 Å². The molecule has 0 radical (unpaired) electrons. The maximum atomic E-state index is 13.3. The van der Waals surface area contributed by atoms with E-state index in [9.17, 15) is 9.59 Å². The van der Waals surface area contributed by atoms with Gasteiger partial charge in [-0.1, -0.05) is 61.8 Å². The quantitative estimate of drug-likeness (QED) is 0.296. The zero-order valence-corrected chi connectivity index (χ0v) is 22.7. The van der Waals surface area contributed by atoms with Crippen LogP contribution in [0.3, 0.4) is 0 Å². The zero-order chi connectivity index (χ0) is 28.5. The van der Waals surface area contributed by atoms with Crippen molar-refractivity contribution in [3.05, 3.63) is 94.4 Å². The number of carbonyl (C=O) groups is 1. The lowest BCUT2D eigenvalue weighted by atomic mass is 10.0. The van der Waals surface area contributed by atoms with Crippen LogP contribution in [0, 0.1) is 11.8 Å². The van der Waals surface area contributed by atoms with E-state index in [1.807, 2.05) is 67.5 Å². The van der Waals surface area contributed by atoms with Gasteiger partial charge in [0.1, 0.15) is 5.56 Å². The summed E-state index contributed by atoms with van der Waals surface area (Å²) in [6, 6.07) is 17.8. The summed E-state index contributed by atoms with van der Waals surface area (Å²) >= 11 is 0. The highest BCUT2D eigenvalue weighted by molar-refractivity contribution is 6.02. The highest BCUT2D eigenvalue weighted by Crippen LogP contribution is 2.23. The second-order valence-corrected chi connectivity index (χ2v) is 8.86. The minimum atomic E-state index is -0.646. The van der Waals surface area contributed by atoms with Gasteiger partial charge in [-0.25, -0.2) is 9.67 Å². The third-order valence-corrected chi connectivity index (χ3v) is 5.71. The van der Waals surface area contributed by atoms with Gasteiger partial charge in [0.05, 0.1) is 11.9 Å². The highest BCUT2D eigenvalue weighted by atomic mass is 16.1. The van der Waals surface area contributed by atoms with Crippen molar-refractivity contribution in [2.45, 2.75) is 13.3 Å². The van der Waals surface area contributed by atoms with Crippen molar-refractivity contribution < 1.29 is 4.79 Å². The number of allylic oxidation sites excluding steroid dienone is 1. The summed E-state index contributed by atoms with van der Waals surface area (Å²) in [6.07, 6.45) is 3.70. The molecule has 200 valence electrons. The number of fused-ring (bicyclic) bond motifs is 1. The number of aryl methyl sites for hydroxylation is 2. The van der Waals surface area contributed by atoms with Gasteiger partial charge in [-0.05, 0) is 50.2 Å². The molecule has 0 aliphatic heterocycles. The van der Waals surface area contributed by atoms with Crippen molar-refractivity contribution in [3.8, 4) is 17.5 Å². The number of anilines is 1. The van der Waals surface area contributed by atoms with E-state index in [0.717, 1.165) is 28.8 Å². The molecule has 39 heavy (non-hydrogen) atoms. The lowest BCUT2D eigenvalue weighted by molar-refractivity contribution is 0.100. The van der Waals surface area contributed by atoms with E-state index in [-0.39, 0.29) is 16.9 Å². The molecule has 9 nitrogen and oxygen atoms in total. The van der Waals surface area contributed by atoms with Crippen molar-refractivity contribution in [2.24, 2.45) is 17.8 Å². The number of amides is 1. The van der Waals surface area contributed by atoms with Gasteiger partial charge in [0.15, 0.2) is 11.6 Å². The molecule has 0 aliphatic carbocycles. The lowest BCUT2D eigenvalue weighted by Crippen LogP contribution is -2.22. The maximum Gasteiger partial charge on any atom is 0.264 e. The zero-order valence-electron chi connectivity index (χ0n) is 22.7. The molecule has 1 amide bonds. The Morgan fingerprint density at radius 3 is 2.51 bits per heavy atom. The summed E-state index contributed by atoms with van der Waals surface area (Å²) in [4.78, 5) is 30.3. The van der Waals surface area contributed by atoms with Crippen LogP contribution in [0.1, 0.15) is 28.5 Å². The number of nitrogens with two attached hydrogens (primary N) is 2. The second kappa shape index (κ2) is 13.0. The van der Waals surface area contributed by atoms with Gasteiger partial charge in [0.2, 0.25) is 0 Å². The Morgan fingerprint density at radius 1 is 1.18 bits per heavy atom. The first-order valence-corrected chi connectivity index (χ1v) is 12.3. The van der Waals surface area contributed by atoms with E-state index in [1.165, 1.54) is 17.0 Å². The Kier molecular flexibility index (Phi) is 9.57. The third-order valence-electron chi connectivity index (χ3n) is 5.71. The van der Waals surface area contributed by atoms with Gasteiger partial charge in [0.25, 0.3) is 11.5 Å². The van der Waals surface area contributed by atoms with Crippen molar-refractivity contribution in [3.63, 3.8) is 0 Å². The van der Waals surface area contributed by atoms with Gasteiger partial charge in [-0.3, -0.25) is 19.1 Å². The van der Waals surface area contributed by atoms with Gasteiger partial charge < -0.3 is 11.5 Å². The summed E-state index contributed by atoms with van der Waals surface area (Å²) in [6.45, 7) is 6.19. The van der Waals surface area contributed by atoms with Crippen LogP contribution in [0.2, 0.25) is 0 Å². The minimum absolute atomic E-state index is 0.00435. The number of rotatable bonds is 6. The molecule has 0 unspecified atom stereocenters. The fourth-order valence-corrected chi connectivity index (χ4v) is 3.98. The van der Waals surface area contributed by atoms with Crippen LogP contribution in [-0.2, 0) is 13.5 Å². The number of pyridine rings is 1. The molecule has 2 heterocycles. The molecular weight excluding hydrogens is 490 g/mol. The van der Waals surface area contributed by atoms with Gasteiger partial charge in [-0.15, -0.1) is 0 Å². The van der Waals surface area contributed by atoms with Crippen LogP contribution >= 0.6 is 0 Å². The number of nitrogens with zero attached hydrogens (tertiary/aromatic N) is 5. The fourth-order valence-electron chi connectivity index (χ4n) is 3.98. The fraction of sp³-hybridized carbons (Fsp3) is 0.200. The van der Waals surface area contributed by atoms with E-state index in [1.54, 1.807) is 11.6 Å². The number of hydrogen-bond donors (Lipinski definition) is 2. The molecule has 2 aromatic heterocycles. The monoisotopic (exact) mass is 523 g/mol. The molecular formula is C30H33N7O2. The molecule has 0 saturated heterocycles. The first-order chi connectivity index (χ1) is 18.7. The molecule has 0 spiro atoms. The SMILES string of the molecule is C=C/C=N\c1c(C(N)=O)c(N)nn1C.CCc1cc2cccc(C#CCN(C)C)c2c(=O)n1-c1ccccc1. The third kappa shape index (κ3) is 6.69. The van der Waals surface area contributed by atoms with E-state index in [2.05, 4.69) is 41.5 Å². The number of para-hydroxylation sites is 1. The molecule has 2 aromatic carbocycles. The number of hydrogen-bond acceptors (Lipinski definition) is 6. The van der Waals surface area contributed by atoms with Crippen molar-refractivity contribution in [1.82, 2.24) is 19.2 Å². The molecule has 9 heteroatoms. The number of aromatic nitrogens is 3. The van der Waals surface area contributed by atoms with Crippen LogP contribution in [-0.4, -0.2) is 52.0 Å². The summed E-state index contributed by atoms with van der Waals surface area (Å²) in [7, 11) is 5.58. The molecule has 0 atom stereocenters. The summed E-state index contributed by atoms with van der Waals surface area (Å²) in [5.41, 5.74) is 13.4. The van der Waals surface area contributed by atoms with Crippen LogP contribution in [0.15, 0.2) is 77.0 Å². The molecule has 0 aliphatic rings. The van der Waals surface area contributed by atoms with Crippen LogP contribution in [0.4, 0.5) is 11.6 Å². The van der Waals surface area contributed by atoms with Crippen molar-refractivity contribution in [2.75, 3.05) is 26.4 Å². The Labute approximate surface area is 228 Å². The van der Waals surface area contributed by atoms with Gasteiger partial charge in [0, 0.05) is 30.2 Å². The van der Waals surface area contributed by atoms with Gasteiger partial charge >= 0.3 is 0 Å². The first-order valence-electron chi connectivity index (χ1n) is 12.3. The molecule has 4 N–H and O–H groups in total. The Morgan fingerprint density at radius 2 is 1.90 bits per heavy atom. The normalized spacial score (nSPS) is 10.7. The standard InChI is InChI=1S/C22H22N2O.C8H11N5O/c1-4-19-16-18-11-8-10-17(12-9-15-23(2)3)21(18)22(25)24(19)20-13-6-5-7-14-20;1-3-4-11-8-5(7(10)14)6(9)12-13(8)2/h5-8,10-11,13-14,16H,4,15H2,1-3H3;3-4H,1H2,2H3,(H2,9,12)(H2,10,14)/b;11-4-. The van der Waals surface area contributed by atoms with E-state index in [4.69, 9.17) is 11.5 Å². The van der Waals surface area contributed by atoms with E-state index in [0.29, 0.717) is 17.7 Å². The van der Waals surface area contributed by atoms with Crippen molar-refractivity contribution >= 4 is 34.5 Å². The molecule has 4 aromatic rings. The Hall–Kier alpha value is -4.94. The highest BCUT2D eigenvalue weighted by Gasteiger charge is 2.17. The lowest BCUT2D eigenvalue weighted by Gasteiger charge is -2.14. The van der Waals surface area contributed by atoms with Crippen molar-refractivity contribution in [1.29, 1.82) is 0 Å². The second-order valence-electron chi connectivity index (χ2n) is 8.86. The largest absolute Gasteiger partial charge is 0.381 e. The first kappa shape index (κ1) is 28.6. The number of benzene rings is 2. The average molecular weight is 524 g/mol. The van der Waals surface area contributed by atoms with Gasteiger partial charge in [-0.2, -0.15) is 5.10 Å². The van der Waals surface area contributed by atoms with Crippen LogP contribution in [0.25, 0.3) is 16.5 Å². The molecule has 0 bridgehead atoms. The predicted molar refractivity (Wildman–Crippen MR) is 159 cm³/mol. The van der Waals surface area contributed by atoms with Crippen LogP contribution in [0.5, 0.6) is 0 Å². The molecule has 0 fully saturated rings. The number of nitrogen functional groups attached to an aromatic ring is 1. The Bertz CT molecular complexity index is 1640.